The Morgan fingerprint density at radius 2 is 2.00 bits per heavy atom. The Hall–Kier alpha value is -2.64. The van der Waals surface area contributed by atoms with Crippen LogP contribution >= 0.6 is 11.8 Å². The summed E-state index contributed by atoms with van der Waals surface area (Å²) in [5, 5.41) is 11.2. The summed E-state index contributed by atoms with van der Waals surface area (Å²) in [4.78, 5) is 26.8. The van der Waals surface area contributed by atoms with E-state index in [1.165, 1.54) is 5.75 Å². The van der Waals surface area contributed by atoms with Crippen LogP contribution in [0.2, 0.25) is 0 Å². The molecule has 1 saturated heterocycles. The molecule has 150 valence electrons. The van der Waals surface area contributed by atoms with Crippen molar-refractivity contribution in [2.45, 2.75) is 19.3 Å². The number of H-pyrrole nitrogens is 1. The van der Waals surface area contributed by atoms with Gasteiger partial charge in [0.15, 0.2) is 0 Å². The van der Waals surface area contributed by atoms with Crippen LogP contribution in [0.3, 0.4) is 0 Å². The molecule has 1 aliphatic rings. The molecular weight excluding hydrogens is 384 g/mol. The third-order valence-electron chi connectivity index (χ3n) is 5.07. The molecule has 2 aromatic carbocycles. The smallest absolute Gasteiger partial charge is 0.272 e. The number of rotatable bonds is 7. The Morgan fingerprint density at radius 3 is 2.83 bits per heavy atom. The number of hydrogen-bond donors (Lipinski definition) is 2. The highest BCUT2D eigenvalue weighted by molar-refractivity contribution is 7.99. The first-order chi connectivity index (χ1) is 14.2. The molecule has 1 amide bonds. The number of anilines is 1. The number of amides is 1. The fourth-order valence-electron chi connectivity index (χ4n) is 3.55. The zero-order valence-corrected chi connectivity index (χ0v) is 17.0. The highest BCUT2D eigenvalue weighted by atomic mass is 32.2. The summed E-state index contributed by atoms with van der Waals surface area (Å²) in [6, 6.07) is 15.0. The van der Waals surface area contributed by atoms with E-state index in [9.17, 15) is 9.59 Å². The maximum absolute atomic E-state index is 12.3. The van der Waals surface area contributed by atoms with Crippen molar-refractivity contribution in [2.75, 3.05) is 30.0 Å². The molecule has 3 aromatic rings. The minimum Gasteiger partial charge on any atom is -0.326 e. The number of aromatic amines is 1. The summed E-state index contributed by atoms with van der Waals surface area (Å²) in [5.41, 5.74) is 2.07. The number of nitrogens with one attached hydrogen (secondary N) is 2. The standard InChI is InChI=1S/C22H24N4O2S/c27-20(10-3-4-11-26-12-13-29-15-26)23-17-7-5-6-16(14-17)21-18-8-1-2-9-19(18)22(28)25-24-21/h1-2,5-9,14H,3-4,10-13,15H2,(H,23,27)(H,25,28). The van der Waals surface area contributed by atoms with E-state index < -0.39 is 0 Å². The van der Waals surface area contributed by atoms with E-state index >= 15 is 0 Å². The van der Waals surface area contributed by atoms with Crippen LogP contribution in [0.4, 0.5) is 5.69 Å². The van der Waals surface area contributed by atoms with Crippen molar-refractivity contribution in [3.63, 3.8) is 0 Å². The van der Waals surface area contributed by atoms with Crippen molar-refractivity contribution in [1.82, 2.24) is 15.1 Å². The van der Waals surface area contributed by atoms with Gasteiger partial charge in [-0.2, -0.15) is 5.10 Å². The van der Waals surface area contributed by atoms with E-state index in [2.05, 4.69) is 20.4 Å². The summed E-state index contributed by atoms with van der Waals surface area (Å²) in [6.45, 7) is 2.23. The van der Waals surface area contributed by atoms with Gasteiger partial charge >= 0.3 is 0 Å². The van der Waals surface area contributed by atoms with Crippen LogP contribution in [0, 0.1) is 0 Å². The number of carbonyl (C=O) groups excluding carboxylic acids is 1. The average molecular weight is 409 g/mol. The van der Waals surface area contributed by atoms with E-state index in [1.807, 2.05) is 54.2 Å². The van der Waals surface area contributed by atoms with Gasteiger partial charge in [0.2, 0.25) is 5.91 Å². The monoisotopic (exact) mass is 408 g/mol. The first-order valence-corrected chi connectivity index (χ1v) is 11.0. The normalized spacial score (nSPS) is 14.3. The van der Waals surface area contributed by atoms with E-state index in [0.717, 1.165) is 48.4 Å². The van der Waals surface area contributed by atoms with Crippen LogP contribution in [0.15, 0.2) is 53.3 Å². The molecule has 0 radical (unpaired) electrons. The molecule has 1 aliphatic heterocycles. The Labute approximate surface area is 173 Å². The van der Waals surface area contributed by atoms with E-state index in [1.54, 1.807) is 6.07 Å². The molecule has 2 N–H and O–H groups in total. The van der Waals surface area contributed by atoms with Gasteiger partial charge in [0.1, 0.15) is 0 Å². The highest BCUT2D eigenvalue weighted by Gasteiger charge is 2.12. The number of thioether (sulfide) groups is 1. The molecule has 0 bridgehead atoms. The molecule has 0 atom stereocenters. The molecule has 6 nitrogen and oxygen atoms in total. The van der Waals surface area contributed by atoms with Gasteiger partial charge in [-0.1, -0.05) is 30.3 Å². The first kappa shape index (κ1) is 19.7. The summed E-state index contributed by atoms with van der Waals surface area (Å²) in [6.07, 6.45) is 2.45. The number of carbonyl (C=O) groups is 1. The second-order valence-electron chi connectivity index (χ2n) is 7.19. The van der Waals surface area contributed by atoms with Crippen LogP contribution < -0.4 is 10.9 Å². The number of aromatic nitrogens is 2. The maximum Gasteiger partial charge on any atom is 0.272 e. The van der Waals surface area contributed by atoms with Crippen molar-refractivity contribution in [3.8, 4) is 11.3 Å². The predicted octanol–water partition coefficient (Wildman–Crippen LogP) is 3.71. The Balaban J connectivity index is 1.41. The summed E-state index contributed by atoms with van der Waals surface area (Å²) in [7, 11) is 0. The van der Waals surface area contributed by atoms with Crippen molar-refractivity contribution >= 4 is 34.1 Å². The number of nitrogens with zero attached hydrogens (tertiary/aromatic N) is 2. The van der Waals surface area contributed by atoms with Crippen LogP contribution in [-0.2, 0) is 4.79 Å². The van der Waals surface area contributed by atoms with Crippen molar-refractivity contribution in [3.05, 3.63) is 58.9 Å². The molecule has 0 aliphatic carbocycles. The van der Waals surface area contributed by atoms with Gasteiger partial charge in [-0.25, -0.2) is 5.10 Å². The summed E-state index contributed by atoms with van der Waals surface area (Å²) >= 11 is 1.97. The zero-order chi connectivity index (χ0) is 20.1. The quantitative estimate of drug-likeness (QED) is 0.583. The zero-order valence-electron chi connectivity index (χ0n) is 16.2. The van der Waals surface area contributed by atoms with Crippen LogP contribution in [-0.4, -0.2) is 45.7 Å². The maximum atomic E-state index is 12.3. The van der Waals surface area contributed by atoms with Crippen LogP contribution in [0.5, 0.6) is 0 Å². The third-order valence-corrected chi connectivity index (χ3v) is 6.09. The highest BCUT2D eigenvalue weighted by Crippen LogP contribution is 2.26. The molecule has 1 aromatic heterocycles. The second kappa shape index (κ2) is 9.24. The average Bonchev–Trinajstić information content (AvgIpc) is 3.25. The molecule has 7 heteroatoms. The second-order valence-corrected chi connectivity index (χ2v) is 8.26. The van der Waals surface area contributed by atoms with E-state index in [-0.39, 0.29) is 11.5 Å². The lowest BCUT2D eigenvalue weighted by atomic mass is 10.0. The van der Waals surface area contributed by atoms with Gasteiger partial charge in [0.25, 0.3) is 5.56 Å². The molecule has 29 heavy (non-hydrogen) atoms. The van der Waals surface area contributed by atoms with Gasteiger partial charge < -0.3 is 5.32 Å². The van der Waals surface area contributed by atoms with Gasteiger partial charge in [-0.15, -0.1) is 11.8 Å². The first-order valence-electron chi connectivity index (χ1n) is 9.88. The van der Waals surface area contributed by atoms with Crippen molar-refractivity contribution in [2.24, 2.45) is 0 Å². The van der Waals surface area contributed by atoms with Gasteiger partial charge in [0, 0.05) is 41.2 Å². The molecule has 2 heterocycles. The van der Waals surface area contributed by atoms with E-state index in [0.29, 0.717) is 17.5 Å². The Morgan fingerprint density at radius 1 is 1.14 bits per heavy atom. The molecule has 0 spiro atoms. The lowest BCUT2D eigenvalue weighted by Crippen LogP contribution is -2.21. The Bertz CT molecular complexity index is 1060. The number of fused-ring (bicyclic) bond motifs is 1. The molecule has 4 rings (SSSR count). The lowest BCUT2D eigenvalue weighted by Gasteiger charge is -2.13. The van der Waals surface area contributed by atoms with Crippen LogP contribution in [0.25, 0.3) is 22.0 Å². The number of hydrogen-bond acceptors (Lipinski definition) is 5. The number of benzene rings is 2. The fourth-order valence-corrected chi connectivity index (χ4v) is 4.58. The Kier molecular flexibility index (Phi) is 6.27. The topological polar surface area (TPSA) is 78.1 Å². The van der Waals surface area contributed by atoms with Crippen molar-refractivity contribution < 1.29 is 4.79 Å². The van der Waals surface area contributed by atoms with Gasteiger partial charge in [0.05, 0.1) is 11.1 Å². The molecule has 0 unspecified atom stereocenters. The number of unbranched alkanes of at least 4 members (excludes halogenated alkanes) is 1. The summed E-state index contributed by atoms with van der Waals surface area (Å²) < 4.78 is 0. The van der Waals surface area contributed by atoms with Crippen LogP contribution in [0.1, 0.15) is 19.3 Å². The van der Waals surface area contributed by atoms with Gasteiger partial charge in [-0.05, 0) is 37.6 Å². The fraction of sp³-hybridized carbons (Fsp3) is 0.318. The van der Waals surface area contributed by atoms with Gasteiger partial charge in [-0.3, -0.25) is 14.5 Å². The third kappa shape index (κ3) is 4.86. The largest absolute Gasteiger partial charge is 0.326 e. The summed E-state index contributed by atoms with van der Waals surface area (Å²) in [5.74, 6) is 2.36. The SMILES string of the molecule is O=C(CCCCN1CCSC1)Nc1cccc(-c2n[nH]c(=O)c3ccccc23)c1. The minimum atomic E-state index is -0.207. The van der Waals surface area contributed by atoms with E-state index in [4.69, 9.17) is 0 Å². The molecule has 1 fully saturated rings. The molecule has 0 saturated carbocycles. The minimum absolute atomic E-state index is 0.0252. The lowest BCUT2D eigenvalue weighted by molar-refractivity contribution is -0.116. The molecular formula is C22H24N4O2S. The predicted molar refractivity (Wildman–Crippen MR) is 119 cm³/mol. The van der Waals surface area contributed by atoms with Crippen molar-refractivity contribution in [1.29, 1.82) is 0 Å².